The monoisotopic (exact) mass is 349 g/mol. The Balaban J connectivity index is 1.48. The molecule has 0 saturated heterocycles. The molecule has 0 aromatic carbocycles. The van der Waals surface area contributed by atoms with Crippen LogP contribution in [-0.4, -0.2) is 17.4 Å². The van der Waals surface area contributed by atoms with Crippen LogP contribution in [0, 0.1) is 46.8 Å². The maximum absolute atomic E-state index is 15.0. The summed E-state index contributed by atoms with van der Waals surface area (Å²) in [7, 11) is 0. The number of halogens is 1. The van der Waals surface area contributed by atoms with E-state index in [1.807, 2.05) is 0 Å². The van der Waals surface area contributed by atoms with Crippen LogP contribution in [0.5, 0.6) is 0 Å². The summed E-state index contributed by atoms with van der Waals surface area (Å²) in [5.74, 6) is 2.46. The van der Waals surface area contributed by atoms with Crippen molar-refractivity contribution in [3.63, 3.8) is 0 Å². The smallest absolute Gasteiger partial charge is 0.103 e. The van der Waals surface area contributed by atoms with Crippen LogP contribution in [0.1, 0.15) is 84.0 Å². The van der Waals surface area contributed by atoms with Gasteiger partial charge in [-0.05, 0) is 81.0 Å². The molecule has 3 rings (SSSR count). The molecule has 0 aromatic rings. The molecule has 3 heteroatoms. The lowest BCUT2D eigenvalue weighted by molar-refractivity contribution is -0.00100. The third-order valence-corrected chi connectivity index (χ3v) is 7.75. The summed E-state index contributed by atoms with van der Waals surface area (Å²) < 4.78 is 15.0. The van der Waals surface area contributed by atoms with E-state index in [-0.39, 0.29) is 17.8 Å². The van der Waals surface area contributed by atoms with E-state index in [2.05, 4.69) is 13.0 Å². The van der Waals surface area contributed by atoms with E-state index in [0.717, 1.165) is 37.5 Å². The van der Waals surface area contributed by atoms with Crippen LogP contribution in [0.4, 0.5) is 4.39 Å². The van der Waals surface area contributed by atoms with Gasteiger partial charge in [0.1, 0.15) is 6.17 Å². The minimum atomic E-state index is -0.692. The second-order valence-electron chi connectivity index (χ2n) is 9.20. The van der Waals surface area contributed by atoms with Crippen LogP contribution in [-0.2, 0) is 0 Å². The highest BCUT2D eigenvalue weighted by atomic mass is 19.1. The van der Waals surface area contributed by atoms with Crippen molar-refractivity contribution in [3.8, 4) is 6.07 Å². The van der Waals surface area contributed by atoms with Crippen LogP contribution >= 0.6 is 0 Å². The van der Waals surface area contributed by atoms with Crippen LogP contribution in [0.15, 0.2) is 0 Å². The van der Waals surface area contributed by atoms with Crippen molar-refractivity contribution < 1.29 is 9.50 Å². The van der Waals surface area contributed by atoms with Crippen molar-refractivity contribution in [2.45, 2.75) is 96.2 Å². The van der Waals surface area contributed by atoms with Gasteiger partial charge < -0.3 is 5.11 Å². The number of aliphatic hydroxyl groups is 1. The predicted molar refractivity (Wildman–Crippen MR) is 98.5 cm³/mol. The summed E-state index contributed by atoms with van der Waals surface area (Å²) in [6.45, 7) is 2.28. The molecule has 0 radical (unpaired) electrons. The van der Waals surface area contributed by atoms with Gasteiger partial charge in [-0.2, -0.15) is 5.26 Å². The van der Waals surface area contributed by atoms with E-state index in [1.54, 1.807) is 0 Å². The zero-order chi connectivity index (χ0) is 17.8. The van der Waals surface area contributed by atoms with Gasteiger partial charge in [-0.25, -0.2) is 4.39 Å². The molecule has 0 aliphatic heterocycles. The Labute approximate surface area is 153 Å². The minimum absolute atomic E-state index is 0.127. The highest BCUT2D eigenvalue weighted by molar-refractivity contribution is 4.96. The summed E-state index contributed by atoms with van der Waals surface area (Å²) in [4.78, 5) is 0. The zero-order valence-corrected chi connectivity index (χ0v) is 15.9. The average molecular weight is 350 g/mol. The van der Waals surface area contributed by atoms with Crippen LogP contribution in [0.25, 0.3) is 0 Å². The Bertz CT molecular complexity index is 453. The molecule has 142 valence electrons. The summed E-state index contributed by atoms with van der Waals surface area (Å²) in [6.07, 6.45) is 12.0. The van der Waals surface area contributed by atoms with Crippen LogP contribution in [0.2, 0.25) is 0 Å². The highest BCUT2D eigenvalue weighted by Crippen LogP contribution is 2.47. The number of alkyl halides is 1. The molecule has 3 fully saturated rings. The first-order valence-corrected chi connectivity index (χ1v) is 10.8. The van der Waals surface area contributed by atoms with Crippen LogP contribution in [0.3, 0.4) is 0 Å². The first kappa shape index (κ1) is 19.2. The maximum atomic E-state index is 15.0. The quantitative estimate of drug-likeness (QED) is 0.713. The van der Waals surface area contributed by atoms with E-state index in [0.29, 0.717) is 12.3 Å². The van der Waals surface area contributed by atoms with Crippen LogP contribution < -0.4 is 0 Å². The summed E-state index contributed by atoms with van der Waals surface area (Å²) in [5, 5.41) is 19.2. The molecule has 0 spiro atoms. The fourth-order valence-corrected chi connectivity index (χ4v) is 6.20. The molecule has 6 unspecified atom stereocenters. The van der Waals surface area contributed by atoms with E-state index in [4.69, 9.17) is 5.26 Å². The number of hydrogen-bond acceptors (Lipinski definition) is 2. The molecule has 0 aromatic heterocycles. The maximum Gasteiger partial charge on any atom is 0.103 e. The van der Waals surface area contributed by atoms with Gasteiger partial charge in [0.05, 0.1) is 18.1 Å². The number of nitrogens with zero attached hydrogens (tertiary/aromatic N) is 1. The van der Waals surface area contributed by atoms with Gasteiger partial charge in [0, 0.05) is 0 Å². The zero-order valence-electron chi connectivity index (χ0n) is 15.9. The minimum Gasteiger partial charge on any atom is -0.392 e. The molecule has 0 bridgehead atoms. The Morgan fingerprint density at radius 2 is 1.60 bits per heavy atom. The van der Waals surface area contributed by atoms with Crippen molar-refractivity contribution in [2.24, 2.45) is 35.5 Å². The van der Waals surface area contributed by atoms with Gasteiger partial charge in [0.2, 0.25) is 0 Å². The van der Waals surface area contributed by atoms with Crippen molar-refractivity contribution >= 4 is 0 Å². The average Bonchev–Trinajstić information content (AvgIpc) is 2.62. The van der Waals surface area contributed by atoms with Crippen molar-refractivity contribution in [2.75, 3.05) is 0 Å². The van der Waals surface area contributed by atoms with Crippen molar-refractivity contribution in [1.82, 2.24) is 0 Å². The fraction of sp³-hybridized carbons (Fsp3) is 0.955. The van der Waals surface area contributed by atoms with Gasteiger partial charge in [0.25, 0.3) is 0 Å². The SMILES string of the molecule is CCCC1CCC(C2CCC(C3CCC(C#N)C(O)C3)C(F)C2)CC1. The molecule has 1 N–H and O–H groups in total. The number of nitriles is 1. The van der Waals surface area contributed by atoms with E-state index >= 15 is 0 Å². The predicted octanol–water partition coefficient (Wildman–Crippen LogP) is 5.65. The molecule has 6 atom stereocenters. The third-order valence-electron chi connectivity index (χ3n) is 7.75. The summed E-state index contributed by atoms with van der Waals surface area (Å²) in [6, 6.07) is 2.21. The molecular weight excluding hydrogens is 313 g/mol. The molecule has 25 heavy (non-hydrogen) atoms. The third kappa shape index (κ3) is 4.57. The molecule has 3 aliphatic carbocycles. The highest BCUT2D eigenvalue weighted by Gasteiger charge is 2.41. The van der Waals surface area contributed by atoms with E-state index < -0.39 is 12.3 Å². The van der Waals surface area contributed by atoms with Crippen molar-refractivity contribution in [1.29, 1.82) is 5.26 Å². The summed E-state index contributed by atoms with van der Waals surface area (Å²) in [5.41, 5.74) is 0. The van der Waals surface area contributed by atoms with Gasteiger partial charge in [-0.3, -0.25) is 0 Å². The number of rotatable bonds is 4. The number of hydrogen-bond donors (Lipinski definition) is 1. The van der Waals surface area contributed by atoms with Gasteiger partial charge in [-0.1, -0.05) is 32.6 Å². The Morgan fingerprint density at radius 3 is 2.20 bits per heavy atom. The number of aliphatic hydroxyl groups excluding tert-OH is 1. The molecule has 3 saturated carbocycles. The lowest BCUT2D eigenvalue weighted by Gasteiger charge is -2.43. The topological polar surface area (TPSA) is 44.0 Å². The molecule has 0 amide bonds. The van der Waals surface area contributed by atoms with Gasteiger partial charge in [0.15, 0.2) is 0 Å². The first-order valence-electron chi connectivity index (χ1n) is 10.8. The molecule has 3 aliphatic rings. The standard InChI is InChI=1S/C22H36FNO/c1-2-3-15-4-6-16(7-5-15)17-10-11-20(21(23)12-17)18-8-9-19(14-24)22(25)13-18/h15-22,25H,2-13H2,1H3. The summed E-state index contributed by atoms with van der Waals surface area (Å²) >= 11 is 0. The Hall–Kier alpha value is -0.620. The first-order chi connectivity index (χ1) is 12.1. The molecule has 0 heterocycles. The second-order valence-corrected chi connectivity index (χ2v) is 9.20. The van der Waals surface area contributed by atoms with Gasteiger partial charge in [-0.15, -0.1) is 0 Å². The fourth-order valence-electron chi connectivity index (χ4n) is 6.20. The second kappa shape index (κ2) is 8.85. The lowest BCUT2D eigenvalue weighted by atomic mass is 9.64. The molecular formula is C22H36FNO. The van der Waals surface area contributed by atoms with Gasteiger partial charge >= 0.3 is 0 Å². The van der Waals surface area contributed by atoms with E-state index in [9.17, 15) is 9.50 Å². The van der Waals surface area contributed by atoms with Crippen molar-refractivity contribution in [3.05, 3.63) is 0 Å². The molecule has 2 nitrogen and oxygen atoms in total. The van der Waals surface area contributed by atoms with E-state index in [1.165, 1.54) is 44.9 Å². The normalized spacial score (nSPS) is 45.7. The lowest BCUT2D eigenvalue weighted by Crippen LogP contribution is -2.39. The Morgan fingerprint density at radius 1 is 0.920 bits per heavy atom. The Kier molecular flexibility index (Phi) is 6.78. The largest absolute Gasteiger partial charge is 0.392 e.